The molecule has 39 heavy (non-hydrogen) atoms. The first kappa shape index (κ1) is 27.1. The van der Waals surface area contributed by atoms with Crippen LogP contribution < -0.4 is 0 Å². The van der Waals surface area contributed by atoms with Crippen molar-refractivity contribution >= 4 is 17.9 Å². The van der Waals surface area contributed by atoms with E-state index >= 15 is 0 Å². The van der Waals surface area contributed by atoms with Gasteiger partial charge in [-0.15, -0.1) is 0 Å². The Kier molecular flexibility index (Phi) is 8.73. The van der Waals surface area contributed by atoms with Crippen LogP contribution in [0.15, 0.2) is 72.8 Å². The van der Waals surface area contributed by atoms with Crippen molar-refractivity contribution in [2.45, 2.75) is 40.6 Å². The van der Waals surface area contributed by atoms with E-state index in [0.717, 1.165) is 33.4 Å². The molecule has 0 bridgehead atoms. The normalized spacial score (nSPS) is 10.5. The van der Waals surface area contributed by atoms with Crippen LogP contribution in [0.1, 0.15) is 37.5 Å². The molecule has 9 nitrogen and oxygen atoms in total. The van der Waals surface area contributed by atoms with Gasteiger partial charge in [-0.05, 0) is 16.7 Å². The molecular weight excluding hydrogens is 498 g/mol. The number of hydrogen-bond acceptors (Lipinski definition) is 9. The van der Waals surface area contributed by atoms with Gasteiger partial charge in [0, 0.05) is 37.5 Å². The summed E-state index contributed by atoms with van der Waals surface area (Å²) < 4.78 is 15.2. The Labute approximate surface area is 225 Å². The van der Waals surface area contributed by atoms with Crippen LogP contribution in [0.4, 0.5) is 0 Å². The molecule has 0 aliphatic carbocycles. The first-order valence-electron chi connectivity index (χ1n) is 12.2. The minimum Gasteiger partial charge on any atom is -0.461 e. The highest BCUT2D eigenvalue weighted by Crippen LogP contribution is 2.26. The largest absolute Gasteiger partial charge is 0.461 e. The van der Waals surface area contributed by atoms with Gasteiger partial charge < -0.3 is 14.2 Å². The molecule has 0 fully saturated rings. The fraction of sp³-hybridized carbons (Fsp3) is 0.200. The standard InChI is InChI=1S/C30H27N3O6/c1-19(34)37-16-22-4-10-25(11-5-22)28-31-29(26-12-6-23(7-13-26)17-38-20(2)35)33-30(32-28)27-14-8-24(9-15-27)18-39-21(3)36/h4-15H,16-18H2,1-3H3. The molecule has 0 radical (unpaired) electrons. The van der Waals surface area contributed by atoms with E-state index in [1.54, 1.807) is 0 Å². The molecule has 0 saturated heterocycles. The Morgan fingerprint density at radius 1 is 0.462 bits per heavy atom. The van der Waals surface area contributed by atoms with E-state index < -0.39 is 0 Å². The predicted octanol–water partition coefficient (Wildman–Crippen LogP) is 5.06. The number of aromatic nitrogens is 3. The first-order valence-corrected chi connectivity index (χ1v) is 12.2. The number of benzene rings is 3. The van der Waals surface area contributed by atoms with Crippen molar-refractivity contribution in [2.75, 3.05) is 0 Å². The van der Waals surface area contributed by atoms with Crippen LogP contribution in [0, 0.1) is 0 Å². The van der Waals surface area contributed by atoms with E-state index in [1.807, 2.05) is 72.8 Å². The van der Waals surface area contributed by atoms with Crippen LogP contribution >= 0.6 is 0 Å². The smallest absolute Gasteiger partial charge is 0.302 e. The molecule has 9 heteroatoms. The van der Waals surface area contributed by atoms with E-state index in [-0.39, 0.29) is 37.7 Å². The van der Waals surface area contributed by atoms with E-state index in [2.05, 4.69) is 0 Å². The zero-order chi connectivity index (χ0) is 27.8. The highest BCUT2D eigenvalue weighted by atomic mass is 16.5. The Balaban J connectivity index is 1.68. The number of ether oxygens (including phenoxy) is 3. The molecule has 4 rings (SSSR count). The lowest BCUT2D eigenvalue weighted by molar-refractivity contribution is -0.143. The minimum absolute atomic E-state index is 0.183. The third kappa shape index (κ3) is 7.78. The van der Waals surface area contributed by atoms with Crippen LogP contribution in [-0.4, -0.2) is 32.9 Å². The number of hydrogen-bond donors (Lipinski definition) is 0. The maximum absolute atomic E-state index is 11.1. The number of carbonyl (C=O) groups is 3. The van der Waals surface area contributed by atoms with Crippen LogP contribution in [0.3, 0.4) is 0 Å². The maximum atomic E-state index is 11.1. The summed E-state index contributed by atoms with van der Waals surface area (Å²) in [6, 6.07) is 22.3. The van der Waals surface area contributed by atoms with Gasteiger partial charge in [-0.2, -0.15) is 0 Å². The van der Waals surface area contributed by atoms with Crippen molar-refractivity contribution in [1.29, 1.82) is 0 Å². The summed E-state index contributed by atoms with van der Waals surface area (Å²) in [6.45, 7) is 4.66. The quantitative estimate of drug-likeness (QED) is 0.218. The van der Waals surface area contributed by atoms with Crippen LogP contribution in [0.25, 0.3) is 34.2 Å². The summed E-state index contributed by atoms with van der Waals surface area (Å²) in [6.07, 6.45) is 0. The predicted molar refractivity (Wildman–Crippen MR) is 143 cm³/mol. The van der Waals surface area contributed by atoms with Gasteiger partial charge in [0.2, 0.25) is 0 Å². The average molecular weight is 526 g/mol. The van der Waals surface area contributed by atoms with Crippen molar-refractivity contribution in [2.24, 2.45) is 0 Å². The van der Waals surface area contributed by atoms with Gasteiger partial charge in [-0.1, -0.05) is 72.8 Å². The molecule has 0 amide bonds. The lowest BCUT2D eigenvalue weighted by Crippen LogP contribution is -2.02. The monoisotopic (exact) mass is 525 g/mol. The second-order valence-corrected chi connectivity index (χ2v) is 8.74. The second kappa shape index (κ2) is 12.6. The molecule has 0 spiro atoms. The van der Waals surface area contributed by atoms with Crippen LogP contribution in [0.5, 0.6) is 0 Å². The van der Waals surface area contributed by atoms with Crippen LogP contribution in [0.2, 0.25) is 0 Å². The van der Waals surface area contributed by atoms with Gasteiger partial charge in [-0.3, -0.25) is 14.4 Å². The summed E-state index contributed by atoms with van der Waals surface area (Å²) in [4.78, 5) is 47.6. The highest BCUT2D eigenvalue weighted by Gasteiger charge is 2.13. The summed E-state index contributed by atoms with van der Waals surface area (Å²) in [5.74, 6) is 0.391. The zero-order valence-electron chi connectivity index (χ0n) is 21.8. The van der Waals surface area contributed by atoms with Crippen molar-refractivity contribution < 1.29 is 28.6 Å². The van der Waals surface area contributed by atoms with Crippen molar-refractivity contribution in [3.05, 3.63) is 89.5 Å². The summed E-state index contributed by atoms with van der Waals surface area (Å²) >= 11 is 0. The molecule has 0 unspecified atom stereocenters. The molecule has 198 valence electrons. The summed E-state index contributed by atoms with van der Waals surface area (Å²) in [5, 5.41) is 0. The van der Waals surface area contributed by atoms with Gasteiger partial charge in [0.25, 0.3) is 0 Å². The van der Waals surface area contributed by atoms with Crippen molar-refractivity contribution in [1.82, 2.24) is 15.0 Å². The molecular formula is C30H27N3O6. The fourth-order valence-electron chi connectivity index (χ4n) is 3.57. The summed E-state index contributed by atoms with van der Waals surface area (Å²) in [7, 11) is 0. The van der Waals surface area contributed by atoms with Gasteiger partial charge in [0.1, 0.15) is 19.8 Å². The van der Waals surface area contributed by atoms with Gasteiger partial charge in [0.15, 0.2) is 17.5 Å². The van der Waals surface area contributed by atoms with Crippen molar-refractivity contribution in [3.63, 3.8) is 0 Å². The molecule has 0 atom stereocenters. The summed E-state index contributed by atoms with van der Waals surface area (Å²) in [5.41, 5.74) is 4.83. The number of nitrogens with zero attached hydrogens (tertiary/aromatic N) is 3. The Hall–Kier alpha value is -4.92. The minimum atomic E-state index is -0.344. The van der Waals surface area contributed by atoms with Gasteiger partial charge in [-0.25, -0.2) is 15.0 Å². The molecule has 1 heterocycles. The molecule has 0 N–H and O–H groups in total. The van der Waals surface area contributed by atoms with Gasteiger partial charge >= 0.3 is 17.9 Å². The molecule has 4 aromatic rings. The topological polar surface area (TPSA) is 118 Å². The number of carbonyl (C=O) groups excluding carboxylic acids is 3. The third-order valence-electron chi connectivity index (χ3n) is 5.60. The lowest BCUT2D eigenvalue weighted by Gasteiger charge is -2.10. The third-order valence-corrected chi connectivity index (χ3v) is 5.60. The average Bonchev–Trinajstić information content (AvgIpc) is 2.94. The molecule has 0 aliphatic rings. The Morgan fingerprint density at radius 2 is 0.692 bits per heavy atom. The lowest BCUT2D eigenvalue weighted by atomic mass is 10.1. The first-order chi connectivity index (χ1) is 18.8. The number of esters is 3. The van der Waals surface area contributed by atoms with E-state index in [1.165, 1.54) is 20.8 Å². The molecule has 3 aromatic carbocycles. The Bertz CT molecular complexity index is 1270. The van der Waals surface area contributed by atoms with Crippen molar-refractivity contribution in [3.8, 4) is 34.2 Å². The fourth-order valence-corrected chi connectivity index (χ4v) is 3.57. The van der Waals surface area contributed by atoms with Crippen LogP contribution in [-0.2, 0) is 48.4 Å². The maximum Gasteiger partial charge on any atom is 0.302 e. The van der Waals surface area contributed by atoms with Gasteiger partial charge in [0.05, 0.1) is 0 Å². The Morgan fingerprint density at radius 3 is 0.897 bits per heavy atom. The SMILES string of the molecule is CC(=O)OCc1ccc(-c2nc(-c3ccc(COC(C)=O)cc3)nc(-c3ccc(COC(C)=O)cc3)n2)cc1. The molecule has 1 aromatic heterocycles. The van der Waals surface area contributed by atoms with E-state index in [0.29, 0.717) is 17.5 Å². The molecule has 0 saturated carbocycles. The highest BCUT2D eigenvalue weighted by molar-refractivity contribution is 5.68. The second-order valence-electron chi connectivity index (χ2n) is 8.74. The van der Waals surface area contributed by atoms with E-state index in [4.69, 9.17) is 29.2 Å². The zero-order valence-corrected chi connectivity index (χ0v) is 21.8. The molecule has 0 aliphatic heterocycles. The number of rotatable bonds is 9. The van der Waals surface area contributed by atoms with E-state index in [9.17, 15) is 14.4 Å².